The molecule has 1 unspecified atom stereocenters. The standard InChI is InChI=1S/C22H23FN4O/c1-13-14(2)24-22(25-18-7-5-17(23)6-8-18)26-21(13)27-11-10-16-4-9-19(28)12-20(16)15(27)3/h4-9,12,15,28H,10-11H2,1-3H3,(H,24,25,26). The van der Waals surface area contributed by atoms with Crippen LogP contribution in [-0.4, -0.2) is 21.6 Å². The lowest BCUT2D eigenvalue weighted by Gasteiger charge is -2.37. The molecule has 0 spiro atoms. The molecule has 2 heterocycles. The molecular weight excluding hydrogens is 355 g/mol. The first-order valence-corrected chi connectivity index (χ1v) is 9.38. The van der Waals surface area contributed by atoms with E-state index in [0.717, 1.165) is 41.3 Å². The monoisotopic (exact) mass is 378 g/mol. The molecule has 0 radical (unpaired) electrons. The highest BCUT2D eigenvalue weighted by Gasteiger charge is 2.27. The second-order valence-corrected chi connectivity index (χ2v) is 7.22. The van der Waals surface area contributed by atoms with Crippen molar-refractivity contribution in [1.82, 2.24) is 9.97 Å². The fraction of sp³-hybridized carbons (Fsp3) is 0.273. The molecular formula is C22H23FN4O. The van der Waals surface area contributed by atoms with E-state index in [1.165, 1.54) is 17.7 Å². The number of aromatic nitrogens is 2. The number of nitrogens with one attached hydrogen (secondary N) is 1. The zero-order valence-electron chi connectivity index (χ0n) is 16.2. The second kappa shape index (κ2) is 7.11. The molecule has 0 aliphatic carbocycles. The van der Waals surface area contributed by atoms with Gasteiger partial charge in [-0.15, -0.1) is 0 Å². The second-order valence-electron chi connectivity index (χ2n) is 7.22. The highest BCUT2D eigenvalue weighted by Crippen LogP contribution is 2.36. The van der Waals surface area contributed by atoms with Crippen molar-refractivity contribution in [3.8, 4) is 5.75 Å². The van der Waals surface area contributed by atoms with Crippen molar-refractivity contribution in [3.63, 3.8) is 0 Å². The van der Waals surface area contributed by atoms with Crippen molar-refractivity contribution in [3.05, 3.63) is 70.7 Å². The van der Waals surface area contributed by atoms with Crippen LogP contribution in [0.4, 0.5) is 21.8 Å². The summed E-state index contributed by atoms with van der Waals surface area (Å²) in [5.74, 6) is 1.36. The van der Waals surface area contributed by atoms with Crippen LogP contribution in [0.15, 0.2) is 42.5 Å². The first-order chi connectivity index (χ1) is 13.4. The van der Waals surface area contributed by atoms with Crippen LogP contribution in [-0.2, 0) is 6.42 Å². The fourth-order valence-corrected chi connectivity index (χ4v) is 3.70. The lowest BCUT2D eigenvalue weighted by atomic mass is 9.93. The number of phenolic OH excluding ortho intramolecular Hbond substituents is 1. The van der Waals surface area contributed by atoms with E-state index >= 15 is 0 Å². The lowest BCUT2D eigenvalue weighted by molar-refractivity contribution is 0.472. The van der Waals surface area contributed by atoms with Crippen LogP contribution in [0.2, 0.25) is 0 Å². The minimum atomic E-state index is -0.281. The molecule has 4 rings (SSSR count). The van der Waals surface area contributed by atoms with Crippen molar-refractivity contribution in [2.24, 2.45) is 0 Å². The van der Waals surface area contributed by atoms with Gasteiger partial charge < -0.3 is 15.3 Å². The maximum atomic E-state index is 13.2. The molecule has 0 saturated heterocycles. The van der Waals surface area contributed by atoms with Crippen molar-refractivity contribution in [1.29, 1.82) is 0 Å². The molecule has 6 heteroatoms. The van der Waals surface area contributed by atoms with Crippen LogP contribution in [0.5, 0.6) is 5.75 Å². The van der Waals surface area contributed by atoms with E-state index in [1.807, 2.05) is 26.0 Å². The van der Waals surface area contributed by atoms with Crippen molar-refractivity contribution >= 4 is 17.5 Å². The van der Waals surface area contributed by atoms with Gasteiger partial charge >= 0.3 is 0 Å². The first-order valence-electron chi connectivity index (χ1n) is 9.38. The van der Waals surface area contributed by atoms with Crippen molar-refractivity contribution in [2.75, 3.05) is 16.8 Å². The largest absolute Gasteiger partial charge is 0.508 e. The summed E-state index contributed by atoms with van der Waals surface area (Å²) in [6.07, 6.45) is 0.892. The van der Waals surface area contributed by atoms with E-state index in [2.05, 4.69) is 22.1 Å². The normalized spacial score (nSPS) is 16.0. The molecule has 1 aliphatic heterocycles. The van der Waals surface area contributed by atoms with Gasteiger partial charge in [0.25, 0.3) is 0 Å². The lowest BCUT2D eigenvalue weighted by Crippen LogP contribution is -2.35. The maximum absolute atomic E-state index is 13.2. The van der Waals surface area contributed by atoms with Gasteiger partial charge in [-0.05, 0) is 74.7 Å². The summed E-state index contributed by atoms with van der Waals surface area (Å²) in [7, 11) is 0. The number of hydrogen-bond donors (Lipinski definition) is 2. The van der Waals surface area contributed by atoms with Gasteiger partial charge in [-0.3, -0.25) is 0 Å². The average molecular weight is 378 g/mol. The first kappa shape index (κ1) is 18.2. The molecule has 28 heavy (non-hydrogen) atoms. The van der Waals surface area contributed by atoms with E-state index < -0.39 is 0 Å². The quantitative estimate of drug-likeness (QED) is 0.685. The van der Waals surface area contributed by atoms with Gasteiger partial charge in [-0.2, -0.15) is 4.98 Å². The summed E-state index contributed by atoms with van der Waals surface area (Å²) >= 11 is 0. The Labute approximate surface area is 163 Å². The SMILES string of the molecule is Cc1nc(Nc2ccc(F)cc2)nc(N2CCc3ccc(O)cc3C2C)c1C. The fourth-order valence-electron chi connectivity index (χ4n) is 3.70. The zero-order valence-corrected chi connectivity index (χ0v) is 16.2. The van der Waals surface area contributed by atoms with E-state index in [9.17, 15) is 9.50 Å². The van der Waals surface area contributed by atoms with E-state index in [0.29, 0.717) is 5.95 Å². The summed E-state index contributed by atoms with van der Waals surface area (Å²) in [5.41, 5.74) is 5.03. The minimum absolute atomic E-state index is 0.0857. The van der Waals surface area contributed by atoms with Gasteiger partial charge in [-0.1, -0.05) is 6.07 Å². The Morgan fingerprint density at radius 2 is 1.86 bits per heavy atom. The van der Waals surface area contributed by atoms with E-state index in [1.54, 1.807) is 18.2 Å². The Bertz CT molecular complexity index is 1020. The number of anilines is 3. The number of aryl methyl sites for hydroxylation is 1. The van der Waals surface area contributed by atoms with Gasteiger partial charge in [0.1, 0.15) is 17.4 Å². The molecule has 0 amide bonds. The van der Waals surface area contributed by atoms with Crippen LogP contribution in [0, 0.1) is 19.7 Å². The number of phenols is 1. The van der Waals surface area contributed by atoms with Gasteiger partial charge in [0.05, 0.1) is 6.04 Å². The van der Waals surface area contributed by atoms with Crippen LogP contribution in [0.25, 0.3) is 0 Å². The summed E-state index contributed by atoms with van der Waals surface area (Å²) in [6.45, 7) is 6.95. The maximum Gasteiger partial charge on any atom is 0.229 e. The average Bonchev–Trinajstić information content (AvgIpc) is 2.67. The number of rotatable bonds is 3. The smallest absolute Gasteiger partial charge is 0.229 e. The van der Waals surface area contributed by atoms with Gasteiger partial charge in [0.15, 0.2) is 0 Å². The molecule has 5 nitrogen and oxygen atoms in total. The number of nitrogens with zero attached hydrogens (tertiary/aromatic N) is 3. The molecule has 0 fully saturated rings. The summed E-state index contributed by atoms with van der Waals surface area (Å²) in [4.78, 5) is 11.6. The molecule has 2 N–H and O–H groups in total. The Kier molecular flexibility index (Phi) is 4.63. The van der Waals surface area contributed by atoms with Crippen LogP contribution in [0.1, 0.15) is 35.3 Å². The molecule has 144 valence electrons. The molecule has 2 aromatic carbocycles. The van der Waals surface area contributed by atoms with Crippen LogP contribution < -0.4 is 10.2 Å². The predicted octanol–water partition coefficient (Wildman–Crippen LogP) is 4.81. The van der Waals surface area contributed by atoms with E-state index in [-0.39, 0.29) is 17.6 Å². The number of benzene rings is 2. The number of fused-ring (bicyclic) bond motifs is 1. The third-order valence-electron chi connectivity index (χ3n) is 5.41. The highest BCUT2D eigenvalue weighted by atomic mass is 19.1. The third-order valence-corrected chi connectivity index (χ3v) is 5.41. The number of aromatic hydroxyl groups is 1. The molecule has 1 aliphatic rings. The van der Waals surface area contributed by atoms with Gasteiger partial charge in [-0.25, -0.2) is 9.37 Å². The zero-order chi connectivity index (χ0) is 19.8. The van der Waals surface area contributed by atoms with Gasteiger partial charge in [0.2, 0.25) is 5.95 Å². The summed E-state index contributed by atoms with van der Waals surface area (Å²) in [5, 5.41) is 13.1. The Balaban J connectivity index is 1.69. The molecule has 1 atom stereocenters. The number of hydrogen-bond acceptors (Lipinski definition) is 5. The Morgan fingerprint density at radius 1 is 1.11 bits per heavy atom. The molecule has 0 bridgehead atoms. The molecule has 3 aromatic rings. The Hall–Kier alpha value is -3.15. The molecule has 1 aromatic heterocycles. The van der Waals surface area contributed by atoms with Crippen LogP contribution in [0.3, 0.4) is 0 Å². The third kappa shape index (κ3) is 3.38. The van der Waals surface area contributed by atoms with Gasteiger partial charge in [0, 0.05) is 23.5 Å². The molecule has 0 saturated carbocycles. The minimum Gasteiger partial charge on any atom is -0.508 e. The van der Waals surface area contributed by atoms with Crippen molar-refractivity contribution in [2.45, 2.75) is 33.2 Å². The summed E-state index contributed by atoms with van der Waals surface area (Å²) in [6, 6.07) is 11.8. The Morgan fingerprint density at radius 3 is 2.61 bits per heavy atom. The van der Waals surface area contributed by atoms with Crippen LogP contribution >= 0.6 is 0 Å². The number of halogens is 1. The topological polar surface area (TPSA) is 61.3 Å². The summed E-state index contributed by atoms with van der Waals surface area (Å²) < 4.78 is 13.2. The van der Waals surface area contributed by atoms with Crippen molar-refractivity contribution < 1.29 is 9.50 Å². The highest BCUT2D eigenvalue weighted by molar-refractivity contribution is 5.60. The van der Waals surface area contributed by atoms with E-state index in [4.69, 9.17) is 4.98 Å². The predicted molar refractivity (Wildman–Crippen MR) is 109 cm³/mol.